The number of amides is 1. The first-order valence-electron chi connectivity index (χ1n) is 8.98. The van der Waals surface area contributed by atoms with Crippen molar-refractivity contribution in [3.63, 3.8) is 0 Å². The number of rotatable bonds is 4. The molecule has 1 unspecified atom stereocenters. The van der Waals surface area contributed by atoms with Gasteiger partial charge in [0, 0.05) is 18.0 Å². The normalized spacial score (nSPS) is 17.0. The minimum absolute atomic E-state index is 0.0427. The number of fused-ring (bicyclic) bond motifs is 1. The first kappa shape index (κ1) is 18.2. The molecule has 4 heteroatoms. The molecule has 136 valence electrons. The van der Waals surface area contributed by atoms with Crippen molar-refractivity contribution in [1.29, 1.82) is 0 Å². The van der Waals surface area contributed by atoms with Crippen LogP contribution in [0.3, 0.4) is 0 Å². The summed E-state index contributed by atoms with van der Waals surface area (Å²) in [4.78, 5) is 26.9. The predicted molar refractivity (Wildman–Crippen MR) is 102 cm³/mol. The lowest BCUT2D eigenvalue weighted by Crippen LogP contribution is -2.37. The molecule has 1 atom stereocenters. The highest BCUT2D eigenvalue weighted by Gasteiger charge is 2.33. The number of ether oxygens (including phenoxy) is 1. The number of para-hydroxylation sites is 1. The summed E-state index contributed by atoms with van der Waals surface area (Å²) in [5.74, 6) is -0.358. The largest absolute Gasteiger partial charge is 0.460 e. The lowest BCUT2D eigenvalue weighted by atomic mass is 9.86. The van der Waals surface area contributed by atoms with Crippen molar-refractivity contribution in [3.8, 4) is 0 Å². The summed E-state index contributed by atoms with van der Waals surface area (Å²) in [5.41, 5.74) is 2.49. The zero-order valence-corrected chi connectivity index (χ0v) is 15.6. The fourth-order valence-electron chi connectivity index (χ4n) is 3.35. The monoisotopic (exact) mass is 351 g/mol. The molecule has 1 aliphatic rings. The van der Waals surface area contributed by atoms with Crippen LogP contribution in [0.5, 0.6) is 0 Å². The average molecular weight is 351 g/mol. The van der Waals surface area contributed by atoms with E-state index in [1.54, 1.807) is 0 Å². The van der Waals surface area contributed by atoms with Gasteiger partial charge in [-0.05, 0) is 38.0 Å². The molecule has 0 saturated carbocycles. The predicted octanol–water partition coefficient (Wildman–Crippen LogP) is 4.44. The summed E-state index contributed by atoms with van der Waals surface area (Å²) >= 11 is 0. The molecule has 2 aromatic rings. The summed E-state index contributed by atoms with van der Waals surface area (Å²) in [6.45, 7) is 6.10. The van der Waals surface area contributed by atoms with Crippen LogP contribution in [-0.2, 0) is 20.9 Å². The molecule has 1 amide bonds. The Morgan fingerprint density at radius 2 is 1.73 bits per heavy atom. The van der Waals surface area contributed by atoms with E-state index in [4.69, 9.17) is 4.74 Å². The van der Waals surface area contributed by atoms with E-state index in [0.29, 0.717) is 13.0 Å². The number of nitrogens with zero attached hydrogens (tertiary/aromatic N) is 1. The Labute approximate surface area is 154 Å². The van der Waals surface area contributed by atoms with Gasteiger partial charge in [0.15, 0.2) is 0 Å². The van der Waals surface area contributed by atoms with Crippen LogP contribution < -0.4 is 4.90 Å². The molecule has 0 N–H and O–H groups in total. The van der Waals surface area contributed by atoms with E-state index < -0.39 is 5.60 Å². The number of carbonyl (C=O) groups excluding carboxylic acids is 2. The molecule has 0 aromatic heterocycles. The molecular formula is C22H25NO3. The van der Waals surface area contributed by atoms with Crippen LogP contribution in [0.4, 0.5) is 5.69 Å². The maximum absolute atomic E-state index is 12.8. The Balaban J connectivity index is 1.83. The molecule has 0 spiro atoms. The van der Waals surface area contributed by atoms with Crippen LogP contribution in [0.1, 0.15) is 50.7 Å². The highest BCUT2D eigenvalue weighted by atomic mass is 16.6. The third-order valence-corrected chi connectivity index (χ3v) is 4.41. The molecule has 2 aromatic carbocycles. The van der Waals surface area contributed by atoms with Gasteiger partial charge < -0.3 is 9.64 Å². The second-order valence-corrected chi connectivity index (χ2v) is 7.72. The number of hydrogen-bond donors (Lipinski definition) is 0. The highest BCUT2D eigenvalue weighted by Crippen LogP contribution is 2.38. The second-order valence-electron chi connectivity index (χ2n) is 7.72. The van der Waals surface area contributed by atoms with Crippen molar-refractivity contribution in [3.05, 3.63) is 65.7 Å². The molecule has 3 rings (SSSR count). The molecule has 0 bridgehead atoms. The van der Waals surface area contributed by atoms with Crippen LogP contribution in [0, 0.1) is 0 Å². The standard InChI is InChI=1S/C22H25NO3/c1-22(2,3)26-21(25)14-17-13-20(24)23(15-16-9-5-4-6-10-16)19-12-8-7-11-18(17)19/h4-12,17H,13-15H2,1-3H3. The summed E-state index contributed by atoms with van der Waals surface area (Å²) < 4.78 is 5.45. The minimum Gasteiger partial charge on any atom is -0.460 e. The molecule has 26 heavy (non-hydrogen) atoms. The Morgan fingerprint density at radius 3 is 2.42 bits per heavy atom. The zero-order chi connectivity index (χ0) is 18.7. The van der Waals surface area contributed by atoms with Gasteiger partial charge in [-0.2, -0.15) is 0 Å². The van der Waals surface area contributed by atoms with Gasteiger partial charge in [0.1, 0.15) is 5.60 Å². The third-order valence-electron chi connectivity index (χ3n) is 4.41. The van der Waals surface area contributed by atoms with Gasteiger partial charge in [-0.15, -0.1) is 0 Å². The highest BCUT2D eigenvalue weighted by molar-refractivity contribution is 5.97. The Bertz CT molecular complexity index is 793. The van der Waals surface area contributed by atoms with Gasteiger partial charge in [-0.1, -0.05) is 48.5 Å². The first-order chi connectivity index (χ1) is 12.3. The lowest BCUT2D eigenvalue weighted by molar-refractivity contribution is -0.155. The van der Waals surface area contributed by atoms with Gasteiger partial charge in [-0.25, -0.2) is 0 Å². The Hall–Kier alpha value is -2.62. The van der Waals surface area contributed by atoms with Crippen LogP contribution in [0.15, 0.2) is 54.6 Å². The van der Waals surface area contributed by atoms with Crippen molar-refractivity contribution in [2.24, 2.45) is 0 Å². The van der Waals surface area contributed by atoms with E-state index in [2.05, 4.69) is 0 Å². The van der Waals surface area contributed by atoms with Crippen molar-refractivity contribution >= 4 is 17.6 Å². The fraction of sp³-hybridized carbons (Fsp3) is 0.364. The Kier molecular flexibility index (Phi) is 5.12. The number of esters is 1. The van der Waals surface area contributed by atoms with Gasteiger partial charge in [0.2, 0.25) is 5.91 Å². The summed E-state index contributed by atoms with van der Waals surface area (Å²) in [5, 5.41) is 0. The molecule has 0 fully saturated rings. The average Bonchev–Trinajstić information content (AvgIpc) is 2.57. The van der Waals surface area contributed by atoms with Gasteiger partial charge in [0.25, 0.3) is 0 Å². The topological polar surface area (TPSA) is 46.6 Å². The summed E-state index contributed by atoms with van der Waals surface area (Å²) in [7, 11) is 0. The number of anilines is 1. The van der Waals surface area contributed by atoms with E-state index in [1.165, 1.54) is 0 Å². The van der Waals surface area contributed by atoms with Crippen molar-refractivity contribution in [2.75, 3.05) is 4.90 Å². The zero-order valence-electron chi connectivity index (χ0n) is 15.6. The number of carbonyl (C=O) groups is 2. The van der Waals surface area contributed by atoms with Crippen LogP contribution >= 0.6 is 0 Å². The molecule has 0 radical (unpaired) electrons. The van der Waals surface area contributed by atoms with E-state index in [0.717, 1.165) is 16.8 Å². The maximum atomic E-state index is 12.8. The smallest absolute Gasteiger partial charge is 0.306 e. The molecule has 1 heterocycles. The molecule has 0 saturated heterocycles. The molecule has 0 aliphatic carbocycles. The fourth-order valence-corrected chi connectivity index (χ4v) is 3.35. The molecule has 1 aliphatic heterocycles. The van der Waals surface area contributed by atoms with Crippen LogP contribution in [-0.4, -0.2) is 17.5 Å². The summed E-state index contributed by atoms with van der Waals surface area (Å²) in [6, 6.07) is 17.8. The first-order valence-corrected chi connectivity index (χ1v) is 8.98. The van der Waals surface area contributed by atoms with Crippen LogP contribution in [0.25, 0.3) is 0 Å². The number of hydrogen-bond acceptors (Lipinski definition) is 3. The van der Waals surface area contributed by atoms with Gasteiger partial charge >= 0.3 is 5.97 Å². The minimum atomic E-state index is -0.519. The second kappa shape index (κ2) is 7.32. The SMILES string of the molecule is CC(C)(C)OC(=O)CC1CC(=O)N(Cc2ccccc2)c2ccccc21. The lowest BCUT2D eigenvalue weighted by Gasteiger charge is -2.34. The summed E-state index contributed by atoms with van der Waals surface area (Å²) in [6.07, 6.45) is 0.544. The van der Waals surface area contributed by atoms with E-state index in [-0.39, 0.29) is 24.2 Å². The van der Waals surface area contributed by atoms with Crippen LogP contribution in [0.2, 0.25) is 0 Å². The van der Waals surface area contributed by atoms with Gasteiger partial charge in [-0.3, -0.25) is 9.59 Å². The van der Waals surface area contributed by atoms with Gasteiger partial charge in [0.05, 0.1) is 13.0 Å². The molecular weight excluding hydrogens is 326 g/mol. The quantitative estimate of drug-likeness (QED) is 0.765. The van der Waals surface area contributed by atoms with E-state index in [9.17, 15) is 9.59 Å². The van der Waals surface area contributed by atoms with E-state index in [1.807, 2.05) is 80.3 Å². The number of benzene rings is 2. The Morgan fingerprint density at radius 1 is 1.08 bits per heavy atom. The van der Waals surface area contributed by atoms with Crippen molar-refractivity contribution in [2.45, 2.75) is 51.7 Å². The third kappa shape index (κ3) is 4.31. The van der Waals surface area contributed by atoms with Crippen molar-refractivity contribution in [1.82, 2.24) is 0 Å². The van der Waals surface area contributed by atoms with E-state index >= 15 is 0 Å². The van der Waals surface area contributed by atoms with Crippen molar-refractivity contribution < 1.29 is 14.3 Å². The maximum Gasteiger partial charge on any atom is 0.306 e. The molecule has 4 nitrogen and oxygen atoms in total.